The van der Waals surface area contributed by atoms with Crippen LogP contribution in [0, 0.1) is 0 Å². The van der Waals surface area contributed by atoms with Crippen LogP contribution in [-0.2, 0) is 4.79 Å². The number of rotatable bonds is 4. The summed E-state index contributed by atoms with van der Waals surface area (Å²) in [7, 11) is 0. The van der Waals surface area contributed by atoms with Crippen LogP contribution in [0.25, 0.3) is 0 Å². The second kappa shape index (κ2) is 4.92. The number of carbonyl (C=O) groups is 1. The van der Waals surface area contributed by atoms with Gasteiger partial charge in [-0.2, -0.15) is 0 Å². The minimum atomic E-state index is -0.202. The maximum absolute atomic E-state index is 11.7. The summed E-state index contributed by atoms with van der Waals surface area (Å²) in [6.45, 7) is 8.54. The predicted molar refractivity (Wildman–Crippen MR) is 59.4 cm³/mol. The molecule has 0 spiro atoms. The fraction of sp³-hybridized carbons (Fsp3) is 0.917. The second-order valence-electron chi connectivity index (χ2n) is 4.78. The number of ketones is 1. The second-order valence-corrected chi connectivity index (χ2v) is 4.78. The van der Waals surface area contributed by atoms with Gasteiger partial charge in [-0.3, -0.25) is 9.69 Å². The SMILES string of the molecule is CCCCCN1CCCC(=O)C1(C)C. The molecule has 0 aliphatic carbocycles. The highest BCUT2D eigenvalue weighted by Crippen LogP contribution is 2.24. The highest BCUT2D eigenvalue weighted by molar-refractivity contribution is 5.88. The Bertz CT molecular complexity index is 198. The van der Waals surface area contributed by atoms with Crippen molar-refractivity contribution in [2.45, 2.75) is 58.4 Å². The Morgan fingerprint density at radius 2 is 2.07 bits per heavy atom. The monoisotopic (exact) mass is 197 g/mol. The molecule has 2 heteroatoms. The van der Waals surface area contributed by atoms with Crippen LogP contribution in [0.15, 0.2) is 0 Å². The number of hydrogen-bond donors (Lipinski definition) is 0. The van der Waals surface area contributed by atoms with Gasteiger partial charge in [-0.25, -0.2) is 0 Å². The molecule has 0 aromatic heterocycles. The van der Waals surface area contributed by atoms with E-state index in [-0.39, 0.29) is 5.54 Å². The fourth-order valence-electron chi connectivity index (χ4n) is 2.14. The van der Waals surface area contributed by atoms with E-state index in [2.05, 4.69) is 25.7 Å². The van der Waals surface area contributed by atoms with E-state index in [1.807, 2.05) is 0 Å². The van der Waals surface area contributed by atoms with Crippen molar-refractivity contribution in [2.24, 2.45) is 0 Å². The first kappa shape index (κ1) is 11.7. The summed E-state index contributed by atoms with van der Waals surface area (Å²) in [4.78, 5) is 14.1. The van der Waals surface area contributed by atoms with Gasteiger partial charge in [-0.05, 0) is 39.8 Å². The molecule has 1 fully saturated rings. The van der Waals surface area contributed by atoms with E-state index in [1.165, 1.54) is 19.3 Å². The van der Waals surface area contributed by atoms with Crippen molar-refractivity contribution in [3.8, 4) is 0 Å². The summed E-state index contributed by atoms with van der Waals surface area (Å²) in [5.74, 6) is 0.417. The third-order valence-corrected chi connectivity index (χ3v) is 3.34. The first-order valence-corrected chi connectivity index (χ1v) is 5.87. The third kappa shape index (κ3) is 2.57. The topological polar surface area (TPSA) is 20.3 Å². The number of nitrogens with zero attached hydrogens (tertiary/aromatic N) is 1. The summed E-state index contributed by atoms with van der Waals surface area (Å²) in [6.07, 6.45) is 5.59. The average Bonchev–Trinajstić information content (AvgIpc) is 2.13. The van der Waals surface area contributed by atoms with Crippen molar-refractivity contribution < 1.29 is 4.79 Å². The van der Waals surface area contributed by atoms with Crippen LogP contribution in [0.5, 0.6) is 0 Å². The highest BCUT2D eigenvalue weighted by atomic mass is 16.1. The van der Waals surface area contributed by atoms with E-state index in [4.69, 9.17) is 0 Å². The van der Waals surface area contributed by atoms with Crippen molar-refractivity contribution in [2.75, 3.05) is 13.1 Å². The maximum atomic E-state index is 11.7. The van der Waals surface area contributed by atoms with Crippen molar-refractivity contribution in [3.63, 3.8) is 0 Å². The summed E-state index contributed by atoms with van der Waals surface area (Å²) in [5, 5.41) is 0. The average molecular weight is 197 g/mol. The lowest BCUT2D eigenvalue weighted by Gasteiger charge is -2.41. The number of hydrogen-bond acceptors (Lipinski definition) is 2. The summed E-state index contributed by atoms with van der Waals surface area (Å²) in [5.41, 5.74) is -0.202. The molecule has 82 valence electrons. The summed E-state index contributed by atoms with van der Waals surface area (Å²) in [6, 6.07) is 0. The van der Waals surface area contributed by atoms with Gasteiger partial charge in [0.05, 0.1) is 5.54 Å². The zero-order valence-electron chi connectivity index (χ0n) is 9.81. The molecule has 14 heavy (non-hydrogen) atoms. The van der Waals surface area contributed by atoms with Crippen LogP contribution in [0.1, 0.15) is 52.9 Å². The van der Waals surface area contributed by atoms with Gasteiger partial charge < -0.3 is 0 Å². The van der Waals surface area contributed by atoms with Gasteiger partial charge in [0.25, 0.3) is 0 Å². The zero-order chi connectivity index (χ0) is 10.6. The van der Waals surface area contributed by atoms with E-state index < -0.39 is 0 Å². The number of carbonyl (C=O) groups excluding carboxylic acids is 1. The zero-order valence-corrected chi connectivity index (χ0v) is 9.81. The molecule has 0 unspecified atom stereocenters. The van der Waals surface area contributed by atoms with E-state index in [9.17, 15) is 4.79 Å². The lowest BCUT2D eigenvalue weighted by Crippen LogP contribution is -2.53. The molecular weight excluding hydrogens is 174 g/mol. The molecular formula is C12H23NO. The molecule has 0 saturated carbocycles. The quantitative estimate of drug-likeness (QED) is 0.646. The molecule has 1 saturated heterocycles. The third-order valence-electron chi connectivity index (χ3n) is 3.34. The summed E-state index contributed by atoms with van der Waals surface area (Å²) >= 11 is 0. The van der Waals surface area contributed by atoms with Crippen LogP contribution in [0.4, 0.5) is 0 Å². The van der Waals surface area contributed by atoms with E-state index >= 15 is 0 Å². The number of piperidine rings is 1. The van der Waals surface area contributed by atoms with E-state index in [0.717, 1.165) is 25.9 Å². The molecule has 1 heterocycles. The molecule has 0 aromatic rings. The Morgan fingerprint density at radius 1 is 1.36 bits per heavy atom. The van der Waals surface area contributed by atoms with Crippen molar-refractivity contribution in [3.05, 3.63) is 0 Å². The maximum Gasteiger partial charge on any atom is 0.152 e. The predicted octanol–water partition coefficient (Wildman–Crippen LogP) is 2.62. The minimum Gasteiger partial charge on any atom is -0.298 e. The lowest BCUT2D eigenvalue weighted by molar-refractivity contribution is -0.132. The molecule has 0 amide bonds. The molecule has 0 atom stereocenters. The molecule has 1 aliphatic heterocycles. The number of unbranched alkanes of at least 4 members (excludes halogenated alkanes) is 2. The molecule has 1 aliphatic rings. The minimum absolute atomic E-state index is 0.202. The Hall–Kier alpha value is -0.370. The van der Waals surface area contributed by atoms with Crippen LogP contribution < -0.4 is 0 Å². The Balaban J connectivity index is 2.45. The molecule has 2 nitrogen and oxygen atoms in total. The molecule has 1 rings (SSSR count). The largest absolute Gasteiger partial charge is 0.298 e. The Morgan fingerprint density at radius 3 is 2.71 bits per heavy atom. The van der Waals surface area contributed by atoms with Gasteiger partial charge >= 0.3 is 0 Å². The van der Waals surface area contributed by atoms with E-state index in [1.54, 1.807) is 0 Å². The smallest absolute Gasteiger partial charge is 0.152 e. The van der Waals surface area contributed by atoms with Gasteiger partial charge in [0.15, 0.2) is 5.78 Å². The van der Waals surface area contributed by atoms with Crippen LogP contribution in [-0.4, -0.2) is 29.3 Å². The van der Waals surface area contributed by atoms with Gasteiger partial charge in [-0.15, -0.1) is 0 Å². The van der Waals surface area contributed by atoms with Crippen molar-refractivity contribution in [1.82, 2.24) is 4.90 Å². The molecule has 0 aromatic carbocycles. The van der Waals surface area contributed by atoms with Crippen LogP contribution >= 0.6 is 0 Å². The molecule has 0 N–H and O–H groups in total. The fourth-order valence-corrected chi connectivity index (χ4v) is 2.14. The van der Waals surface area contributed by atoms with Crippen molar-refractivity contribution in [1.29, 1.82) is 0 Å². The first-order chi connectivity index (χ1) is 6.59. The molecule has 0 radical (unpaired) electrons. The number of Topliss-reactive ketones (excluding diaryl/α,β-unsaturated/α-hetero) is 1. The first-order valence-electron chi connectivity index (χ1n) is 5.87. The van der Waals surface area contributed by atoms with Gasteiger partial charge in [-0.1, -0.05) is 19.8 Å². The van der Waals surface area contributed by atoms with Crippen LogP contribution in [0.2, 0.25) is 0 Å². The highest BCUT2D eigenvalue weighted by Gasteiger charge is 2.36. The molecule has 0 bridgehead atoms. The van der Waals surface area contributed by atoms with Crippen LogP contribution in [0.3, 0.4) is 0 Å². The summed E-state index contributed by atoms with van der Waals surface area (Å²) < 4.78 is 0. The number of likely N-dealkylation sites (tertiary alicyclic amines) is 1. The normalized spacial score (nSPS) is 22.6. The van der Waals surface area contributed by atoms with E-state index in [0.29, 0.717) is 5.78 Å². The Kier molecular flexibility index (Phi) is 4.11. The standard InChI is InChI=1S/C12H23NO/c1-4-5-6-9-13-10-7-8-11(14)12(13,2)3/h4-10H2,1-3H3. The Labute approximate surface area is 87.7 Å². The van der Waals surface area contributed by atoms with Gasteiger partial charge in [0.1, 0.15) is 0 Å². The van der Waals surface area contributed by atoms with Gasteiger partial charge in [0.2, 0.25) is 0 Å². The van der Waals surface area contributed by atoms with Crippen molar-refractivity contribution >= 4 is 5.78 Å². The van der Waals surface area contributed by atoms with Gasteiger partial charge in [0, 0.05) is 6.42 Å². The lowest BCUT2D eigenvalue weighted by atomic mass is 9.88.